The number of fused-ring (bicyclic) bond motifs is 4. The van der Waals surface area contributed by atoms with Crippen molar-refractivity contribution in [2.24, 2.45) is 5.92 Å². The molecule has 0 saturated carbocycles. The van der Waals surface area contributed by atoms with Gasteiger partial charge in [-0.15, -0.1) is 18.1 Å². The molecular weight excluding hydrogens is 572 g/mol. The van der Waals surface area contributed by atoms with E-state index in [4.69, 9.17) is 0 Å². The molecule has 1 atom stereocenters. The van der Waals surface area contributed by atoms with E-state index in [-0.39, 0.29) is 10.8 Å². The van der Waals surface area contributed by atoms with E-state index in [1.54, 1.807) is 0 Å². The summed E-state index contributed by atoms with van der Waals surface area (Å²) in [6.07, 6.45) is 6.55. The standard InChI is InChI=1S/C21H25.C11H8.C8H11.Zr/c1-20(2,3)16-7-9-18-14(12-16)11-15-13-17(21(4,5)6)8-10-19(15)18;1-9-5-4-7-10-6-2-3-8-11(9)10;1-6-4-7(2)8(3)5-6;/h7-10,12H,11H2,1-6H3;1-8H;4,6H,1-3H3;/q-1;;-1;+2. The molecule has 0 radical (unpaired) electrons. The molecule has 1 heteroatoms. The van der Waals surface area contributed by atoms with E-state index in [2.05, 4.69) is 157 Å². The number of hydrogen-bond acceptors (Lipinski definition) is 0. The van der Waals surface area contributed by atoms with Gasteiger partial charge in [0.2, 0.25) is 0 Å². The molecule has 0 N–H and O–H groups in total. The molecule has 0 spiro atoms. The van der Waals surface area contributed by atoms with Crippen LogP contribution in [0.4, 0.5) is 0 Å². The second-order valence-electron chi connectivity index (χ2n) is 13.4. The van der Waals surface area contributed by atoms with Gasteiger partial charge in [-0.1, -0.05) is 85.1 Å². The number of hydrogen-bond donors (Lipinski definition) is 0. The van der Waals surface area contributed by atoms with Gasteiger partial charge in [0.05, 0.1) is 0 Å². The molecule has 2 aliphatic rings. The van der Waals surface area contributed by atoms with Crippen LogP contribution in [-0.4, -0.2) is 3.71 Å². The van der Waals surface area contributed by atoms with E-state index in [9.17, 15) is 0 Å². The molecule has 0 saturated heterocycles. The minimum absolute atomic E-state index is 0.167. The first-order valence-corrected chi connectivity index (χ1v) is 16.2. The monoisotopic (exact) mass is 614 g/mol. The van der Waals surface area contributed by atoms with Crippen molar-refractivity contribution in [3.05, 3.63) is 130 Å². The maximum atomic E-state index is 3.67. The van der Waals surface area contributed by atoms with Gasteiger partial charge in [-0.25, -0.2) is 11.1 Å². The van der Waals surface area contributed by atoms with Crippen LogP contribution < -0.4 is 0 Å². The van der Waals surface area contributed by atoms with Crippen molar-refractivity contribution in [3.63, 3.8) is 0 Å². The van der Waals surface area contributed by atoms with E-state index in [1.807, 2.05) is 0 Å². The Kier molecular flexibility index (Phi) is 9.71. The fourth-order valence-electron chi connectivity index (χ4n) is 5.40. The van der Waals surface area contributed by atoms with Crippen molar-refractivity contribution in [3.8, 4) is 11.1 Å². The normalized spacial score (nSPS) is 15.5. The fourth-order valence-corrected chi connectivity index (χ4v) is 6.02. The molecule has 2 aliphatic carbocycles. The Labute approximate surface area is 263 Å². The van der Waals surface area contributed by atoms with E-state index >= 15 is 0 Å². The SMILES string of the molecule is CC(C)(C)c1[c-]c2c(cc1)-c1ccc(C(C)(C)C)cc1C2.CC1=[C-]C(C)C=C1C.[Zr+2]=[CH]c1cccc2ccccc12. The molecule has 4 aromatic rings. The van der Waals surface area contributed by atoms with Gasteiger partial charge in [-0.05, 0) is 28.4 Å². The quantitative estimate of drug-likeness (QED) is 0.165. The predicted molar refractivity (Wildman–Crippen MR) is 175 cm³/mol. The Hall–Kier alpha value is -2.63. The van der Waals surface area contributed by atoms with Gasteiger partial charge in [0.15, 0.2) is 0 Å². The number of rotatable bonds is 1. The van der Waals surface area contributed by atoms with Crippen LogP contribution in [0.1, 0.15) is 90.1 Å². The van der Waals surface area contributed by atoms with Crippen LogP contribution in [-0.2, 0) is 41.5 Å². The summed E-state index contributed by atoms with van der Waals surface area (Å²) < 4.78 is 2.23. The van der Waals surface area contributed by atoms with E-state index < -0.39 is 0 Å². The molecule has 0 nitrogen and oxygen atoms in total. The molecule has 0 fully saturated rings. The van der Waals surface area contributed by atoms with Crippen molar-refractivity contribution in [2.45, 2.75) is 79.6 Å². The second-order valence-corrected chi connectivity index (χ2v) is 14.1. The van der Waals surface area contributed by atoms with Gasteiger partial charge in [0, 0.05) is 0 Å². The van der Waals surface area contributed by atoms with Crippen molar-refractivity contribution in [1.29, 1.82) is 0 Å². The third-order valence-electron chi connectivity index (χ3n) is 7.98. The molecule has 0 aromatic heterocycles. The Morgan fingerprint density at radius 2 is 1.49 bits per heavy atom. The van der Waals surface area contributed by atoms with Gasteiger partial charge >= 0.3 is 86.7 Å². The van der Waals surface area contributed by atoms with Gasteiger partial charge < -0.3 is 0 Å². The summed E-state index contributed by atoms with van der Waals surface area (Å²) in [5.41, 5.74) is 12.8. The Morgan fingerprint density at radius 3 is 2.07 bits per heavy atom. The summed E-state index contributed by atoms with van der Waals surface area (Å²) in [4.78, 5) is 0. The molecule has 6 rings (SSSR count). The van der Waals surface area contributed by atoms with Crippen LogP contribution in [0.2, 0.25) is 0 Å². The van der Waals surface area contributed by atoms with Crippen molar-refractivity contribution < 1.29 is 24.2 Å². The van der Waals surface area contributed by atoms with Gasteiger partial charge in [-0.2, -0.15) is 29.8 Å². The fraction of sp³-hybridized carbons (Fsp3) is 0.325. The van der Waals surface area contributed by atoms with Gasteiger partial charge in [-0.3, -0.25) is 6.08 Å². The zero-order chi connectivity index (χ0) is 29.9. The Bertz CT molecular complexity index is 1530. The molecule has 4 aromatic carbocycles. The molecule has 41 heavy (non-hydrogen) atoms. The van der Waals surface area contributed by atoms with Crippen molar-refractivity contribution in [2.75, 3.05) is 0 Å². The van der Waals surface area contributed by atoms with Crippen LogP contribution in [0.25, 0.3) is 21.9 Å². The van der Waals surface area contributed by atoms with Crippen molar-refractivity contribution in [1.82, 2.24) is 0 Å². The molecule has 1 unspecified atom stereocenters. The summed E-state index contributed by atoms with van der Waals surface area (Å²) in [6, 6.07) is 30.1. The molecule has 208 valence electrons. The van der Waals surface area contributed by atoms with Crippen LogP contribution in [0.15, 0.2) is 90.0 Å². The first-order valence-electron chi connectivity index (χ1n) is 14.7. The Balaban J connectivity index is 0.000000162. The predicted octanol–water partition coefficient (Wildman–Crippen LogP) is 10.5. The zero-order valence-electron chi connectivity index (χ0n) is 26.4. The van der Waals surface area contributed by atoms with E-state index in [0.717, 1.165) is 6.42 Å². The van der Waals surface area contributed by atoms with E-state index in [0.29, 0.717) is 5.92 Å². The molecule has 0 amide bonds. The summed E-state index contributed by atoms with van der Waals surface area (Å²) in [7, 11) is 0. The summed E-state index contributed by atoms with van der Waals surface area (Å²) >= 11 is 1.46. The summed E-state index contributed by atoms with van der Waals surface area (Å²) in [5.74, 6) is 0.551. The van der Waals surface area contributed by atoms with Gasteiger partial charge in [0.25, 0.3) is 0 Å². The second kappa shape index (κ2) is 12.7. The van der Waals surface area contributed by atoms with Crippen LogP contribution in [0, 0.1) is 18.1 Å². The molecule has 0 heterocycles. The molecular formula is C40H44Zr. The maximum absolute atomic E-state index is 3.67. The first kappa shape index (κ1) is 31.3. The van der Waals surface area contributed by atoms with Crippen LogP contribution >= 0.6 is 0 Å². The third-order valence-corrected chi connectivity index (χ3v) is 8.74. The zero-order valence-corrected chi connectivity index (χ0v) is 28.8. The third kappa shape index (κ3) is 7.61. The summed E-state index contributed by atoms with van der Waals surface area (Å²) in [5, 5.41) is 2.69. The summed E-state index contributed by atoms with van der Waals surface area (Å²) in [6.45, 7) is 20.0. The van der Waals surface area contributed by atoms with Crippen molar-refractivity contribution >= 4 is 14.5 Å². The molecule has 0 bridgehead atoms. The topological polar surface area (TPSA) is 0 Å². The first-order chi connectivity index (χ1) is 19.3. The number of benzene rings is 4. The van der Waals surface area contributed by atoms with Gasteiger partial charge in [0.1, 0.15) is 0 Å². The van der Waals surface area contributed by atoms with E-state index in [1.165, 1.54) is 85.1 Å². The van der Waals surface area contributed by atoms with Crippen LogP contribution in [0.5, 0.6) is 0 Å². The minimum atomic E-state index is 0.167. The number of allylic oxidation sites excluding steroid dienone is 4. The average molecular weight is 616 g/mol. The van der Waals surface area contributed by atoms with Crippen LogP contribution in [0.3, 0.4) is 0 Å². The average Bonchev–Trinajstić information content (AvgIpc) is 3.44. The molecule has 0 aliphatic heterocycles. The Morgan fingerprint density at radius 1 is 0.805 bits per heavy atom.